The Kier molecular flexibility index (Phi) is 9.45. The average Bonchev–Trinajstić information content (AvgIpc) is 3.75. The zero-order valence-electron chi connectivity index (χ0n) is 23.8. The lowest BCUT2D eigenvalue weighted by molar-refractivity contribution is -0.165. The summed E-state index contributed by atoms with van der Waals surface area (Å²) < 4.78 is 23.9. The number of hydrogen-bond acceptors (Lipinski definition) is 11. The Bertz CT molecular complexity index is 1580. The Morgan fingerprint density at radius 1 is 1.14 bits per heavy atom. The van der Waals surface area contributed by atoms with Crippen molar-refractivity contribution in [1.82, 2.24) is 34.4 Å². The van der Waals surface area contributed by atoms with Crippen LogP contribution in [0.3, 0.4) is 0 Å². The van der Waals surface area contributed by atoms with Crippen LogP contribution in [0.5, 0.6) is 0 Å². The number of likely N-dealkylation sites (tertiary alicyclic amines) is 1. The maximum absolute atomic E-state index is 13.9. The third kappa shape index (κ3) is 6.84. The number of aryl methyl sites for hydroxylation is 1. The first-order valence-electron chi connectivity index (χ1n) is 13.8. The first-order chi connectivity index (χ1) is 21.1. The van der Waals surface area contributed by atoms with E-state index in [9.17, 15) is 14.0 Å². The molecule has 4 N–H and O–H groups in total. The Hall–Kier alpha value is -4.09. The van der Waals surface area contributed by atoms with E-state index in [-0.39, 0.29) is 10.7 Å². The van der Waals surface area contributed by atoms with Crippen LogP contribution < -0.4 is 0 Å². The number of aliphatic hydroxyl groups excluding tert-OH is 2. The van der Waals surface area contributed by atoms with Crippen molar-refractivity contribution in [1.29, 1.82) is 0 Å². The number of carbonyl (C=O) groups is 2. The van der Waals surface area contributed by atoms with Crippen molar-refractivity contribution in [2.45, 2.75) is 57.1 Å². The topological polar surface area (TPSA) is 189 Å². The van der Waals surface area contributed by atoms with Crippen molar-refractivity contribution in [2.24, 2.45) is 0 Å². The van der Waals surface area contributed by atoms with Gasteiger partial charge < -0.3 is 25.2 Å². The second kappa shape index (κ2) is 13.3. The number of pyridine rings is 1. The molecule has 44 heavy (non-hydrogen) atoms. The Morgan fingerprint density at radius 2 is 1.86 bits per heavy atom. The van der Waals surface area contributed by atoms with E-state index in [0.717, 1.165) is 66.4 Å². The van der Waals surface area contributed by atoms with E-state index in [1.807, 2.05) is 23.7 Å². The number of carboxylic acids is 2. The van der Waals surface area contributed by atoms with Gasteiger partial charge in [-0.2, -0.15) is 14.6 Å². The van der Waals surface area contributed by atoms with E-state index in [1.165, 1.54) is 23.2 Å². The van der Waals surface area contributed by atoms with Gasteiger partial charge in [-0.1, -0.05) is 6.07 Å². The molecule has 4 aromatic heterocycles. The summed E-state index contributed by atoms with van der Waals surface area (Å²) in [6.07, 6.45) is 5.14. The Morgan fingerprint density at radius 3 is 2.52 bits per heavy atom. The standard InChI is InChI=1S/C24H26FN7OS.C4H6O6/c1-17-20(14-32(29-17)23-19(3-2-7-27-23)13-31-16-26-15-28-31)12-30-8-5-24(6-9-30)22-18(4-10-33-24)11-21(25)34-22;5-1(3(7)8)2(6)4(9)10/h2-3,7,11,14-16H,4-6,8-10,12-13H2,1H3;1-2,5-6H,(H,7,8)(H,9,10)/t;1-,2-/m.1/s1. The van der Waals surface area contributed by atoms with Crippen LogP contribution in [0.4, 0.5) is 4.39 Å². The van der Waals surface area contributed by atoms with Crippen LogP contribution in [0.2, 0.25) is 0 Å². The monoisotopic (exact) mass is 629 g/mol. The van der Waals surface area contributed by atoms with E-state index in [4.69, 9.17) is 30.3 Å². The number of aliphatic hydroxyl groups is 2. The maximum atomic E-state index is 13.9. The van der Waals surface area contributed by atoms with E-state index in [2.05, 4.69) is 26.2 Å². The van der Waals surface area contributed by atoms with Crippen LogP contribution in [0.25, 0.3) is 5.82 Å². The predicted molar refractivity (Wildman–Crippen MR) is 153 cm³/mol. The maximum Gasteiger partial charge on any atom is 0.335 e. The van der Waals surface area contributed by atoms with E-state index in [1.54, 1.807) is 23.3 Å². The molecule has 0 aliphatic carbocycles. The van der Waals surface area contributed by atoms with Crippen molar-refractivity contribution >= 4 is 23.3 Å². The summed E-state index contributed by atoms with van der Waals surface area (Å²) in [5.74, 6) is -2.74. The number of thiophene rings is 1. The zero-order valence-corrected chi connectivity index (χ0v) is 24.6. The second-order valence-corrected chi connectivity index (χ2v) is 11.6. The van der Waals surface area contributed by atoms with Gasteiger partial charge in [0.25, 0.3) is 0 Å². The van der Waals surface area contributed by atoms with E-state index in [0.29, 0.717) is 13.2 Å². The highest BCUT2D eigenvalue weighted by atomic mass is 32.1. The number of piperidine rings is 1. The number of carboxylic acid groups (broad SMARTS) is 2. The highest BCUT2D eigenvalue weighted by Gasteiger charge is 2.42. The summed E-state index contributed by atoms with van der Waals surface area (Å²) in [6.45, 7) is 5.93. The SMILES string of the molecule is Cc1nn(-c2ncccc2Cn2cncn2)cc1CN1CCC2(CC1)OCCc1cc(F)sc12.O=C(O)[C@H](O)[C@@H](O)C(=O)O. The summed E-state index contributed by atoms with van der Waals surface area (Å²) in [5, 5.41) is 41.4. The average molecular weight is 630 g/mol. The number of aliphatic carboxylic acids is 2. The fraction of sp³-hybridized carbons (Fsp3) is 0.429. The van der Waals surface area contributed by atoms with Gasteiger partial charge in [-0.3, -0.25) is 4.90 Å². The number of hydrogen-bond donors (Lipinski definition) is 4. The molecule has 234 valence electrons. The minimum absolute atomic E-state index is 0.0990. The van der Waals surface area contributed by atoms with Gasteiger partial charge in [-0.25, -0.2) is 28.9 Å². The molecule has 1 fully saturated rings. The molecule has 2 atom stereocenters. The predicted octanol–water partition coefficient (Wildman–Crippen LogP) is 1.36. The highest BCUT2D eigenvalue weighted by Crippen LogP contribution is 2.45. The molecular formula is C28H32FN7O7S. The van der Waals surface area contributed by atoms with Gasteiger partial charge in [0.05, 0.1) is 18.8 Å². The molecule has 0 bridgehead atoms. The minimum Gasteiger partial charge on any atom is -0.479 e. The summed E-state index contributed by atoms with van der Waals surface area (Å²) in [7, 11) is 0. The molecule has 0 radical (unpaired) electrons. The molecule has 1 spiro atoms. The quantitative estimate of drug-likeness (QED) is 0.219. The van der Waals surface area contributed by atoms with Gasteiger partial charge in [-0.05, 0) is 43.9 Å². The minimum atomic E-state index is -2.27. The smallest absolute Gasteiger partial charge is 0.335 e. The summed E-state index contributed by atoms with van der Waals surface area (Å²) >= 11 is 1.27. The van der Waals surface area contributed by atoms with Crippen LogP contribution >= 0.6 is 11.3 Å². The third-order valence-electron chi connectivity index (χ3n) is 7.69. The molecule has 16 heteroatoms. The lowest BCUT2D eigenvalue weighted by atomic mass is 9.85. The summed E-state index contributed by atoms with van der Waals surface area (Å²) in [6, 6.07) is 5.66. The van der Waals surface area contributed by atoms with Gasteiger partial charge in [0, 0.05) is 48.0 Å². The normalized spacial score (nSPS) is 17.4. The summed E-state index contributed by atoms with van der Waals surface area (Å²) in [5.41, 5.74) is 4.02. The van der Waals surface area contributed by atoms with Crippen LogP contribution in [-0.4, -0.2) is 98.7 Å². The fourth-order valence-electron chi connectivity index (χ4n) is 5.35. The molecule has 1 saturated heterocycles. The van der Waals surface area contributed by atoms with Gasteiger partial charge in [0.2, 0.25) is 0 Å². The van der Waals surface area contributed by atoms with Gasteiger partial charge in [0.1, 0.15) is 18.3 Å². The molecule has 4 aromatic rings. The van der Waals surface area contributed by atoms with Crippen molar-refractivity contribution in [3.8, 4) is 5.82 Å². The van der Waals surface area contributed by atoms with Crippen molar-refractivity contribution in [3.63, 3.8) is 0 Å². The number of ether oxygens (including phenoxy) is 1. The molecule has 14 nitrogen and oxygen atoms in total. The lowest BCUT2D eigenvalue weighted by Crippen LogP contribution is -2.45. The molecular weight excluding hydrogens is 597 g/mol. The molecule has 0 aromatic carbocycles. The Labute approximate surface area is 255 Å². The van der Waals surface area contributed by atoms with Crippen LogP contribution in [-0.2, 0) is 39.4 Å². The fourth-order valence-corrected chi connectivity index (χ4v) is 6.49. The number of fused-ring (bicyclic) bond motifs is 2. The number of halogens is 1. The molecule has 0 saturated carbocycles. The highest BCUT2D eigenvalue weighted by molar-refractivity contribution is 7.10. The van der Waals surface area contributed by atoms with Gasteiger partial charge >= 0.3 is 11.9 Å². The molecule has 6 heterocycles. The molecule has 0 amide bonds. The van der Waals surface area contributed by atoms with Crippen LogP contribution in [0.1, 0.15) is 40.1 Å². The molecule has 2 aliphatic rings. The van der Waals surface area contributed by atoms with Crippen LogP contribution in [0, 0.1) is 12.1 Å². The largest absolute Gasteiger partial charge is 0.479 e. The third-order valence-corrected chi connectivity index (χ3v) is 8.84. The lowest BCUT2D eigenvalue weighted by Gasteiger charge is -2.43. The van der Waals surface area contributed by atoms with Crippen LogP contribution in [0.15, 0.2) is 43.2 Å². The molecule has 2 aliphatic heterocycles. The molecule has 0 unspecified atom stereocenters. The first kappa shape index (κ1) is 31.3. The Balaban J connectivity index is 0.000000333. The van der Waals surface area contributed by atoms with Gasteiger partial charge in [-0.15, -0.1) is 11.3 Å². The second-order valence-electron chi connectivity index (χ2n) is 10.6. The van der Waals surface area contributed by atoms with E-state index < -0.39 is 24.1 Å². The summed E-state index contributed by atoms with van der Waals surface area (Å²) in [4.78, 5) is 31.7. The van der Waals surface area contributed by atoms with E-state index >= 15 is 0 Å². The number of nitrogens with zero attached hydrogens (tertiary/aromatic N) is 7. The van der Waals surface area contributed by atoms with Gasteiger partial charge in [0.15, 0.2) is 23.2 Å². The van der Waals surface area contributed by atoms with Crippen molar-refractivity contribution in [2.75, 3.05) is 19.7 Å². The molecule has 6 rings (SSSR count). The number of rotatable bonds is 8. The van der Waals surface area contributed by atoms with Crippen molar-refractivity contribution < 1.29 is 39.1 Å². The zero-order chi connectivity index (χ0) is 31.4. The number of aromatic nitrogens is 6. The van der Waals surface area contributed by atoms with Crippen molar-refractivity contribution in [3.05, 3.63) is 75.6 Å². The first-order valence-corrected chi connectivity index (χ1v) is 14.7.